The van der Waals surface area contributed by atoms with Gasteiger partial charge in [-0.05, 0) is 59.5 Å². The Morgan fingerprint density at radius 2 is 1.86 bits per heavy atom. The topological polar surface area (TPSA) is 28.2 Å². The maximum absolute atomic E-state index is 4.41. The Hall–Kier alpha value is -1.55. The highest BCUT2D eigenvalue weighted by Crippen LogP contribution is 2.28. The average molecular weight is 346 g/mol. The molecule has 0 atom stereocenters. The van der Waals surface area contributed by atoms with Gasteiger partial charge in [-0.25, -0.2) is 0 Å². The molecule has 0 amide bonds. The normalized spacial score (nSPS) is 15.0. The van der Waals surface area contributed by atoms with Crippen molar-refractivity contribution >= 4 is 27.3 Å². The lowest BCUT2D eigenvalue weighted by atomic mass is 10.1. The van der Waals surface area contributed by atoms with Crippen LogP contribution in [-0.2, 0) is 6.54 Å². The van der Waals surface area contributed by atoms with Gasteiger partial charge >= 0.3 is 0 Å². The third-order valence-electron chi connectivity index (χ3n) is 3.85. The van der Waals surface area contributed by atoms with E-state index >= 15 is 0 Å². The standard InChI is InChI=1S/C17H20BrN3/c18-14-8-9-15(19-12-14)13-20-16-6-2-3-7-17(16)21-10-4-1-5-11-21/h2-3,6-9,12,20H,1,4-5,10-11,13H2. The van der Waals surface area contributed by atoms with E-state index in [1.807, 2.05) is 18.3 Å². The molecule has 0 saturated carbocycles. The maximum atomic E-state index is 4.41. The molecule has 110 valence electrons. The molecule has 0 bridgehead atoms. The number of rotatable bonds is 4. The van der Waals surface area contributed by atoms with Crippen LogP contribution in [0.5, 0.6) is 0 Å². The Kier molecular flexibility index (Phi) is 4.76. The van der Waals surface area contributed by atoms with Gasteiger partial charge in [0.15, 0.2) is 0 Å². The Morgan fingerprint density at radius 1 is 1.05 bits per heavy atom. The fourth-order valence-electron chi connectivity index (χ4n) is 2.73. The van der Waals surface area contributed by atoms with E-state index in [9.17, 15) is 0 Å². The fourth-order valence-corrected chi connectivity index (χ4v) is 2.97. The van der Waals surface area contributed by atoms with Crippen molar-refractivity contribution in [3.8, 4) is 0 Å². The van der Waals surface area contributed by atoms with E-state index in [0.717, 1.165) is 29.8 Å². The molecule has 1 fully saturated rings. The Morgan fingerprint density at radius 3 is 2.62 bits per heavy atom. The monoisotopic (exact) mass is 345 g/mol. The van der Waals surface area contributed by atoms with Crippen molar-refractivity contribution in [1.29, 1.82) is 0 Å². The highest BCUT2D eigenvalue weighted by Gasteiger charge is 2.13. The number of para-hydroxylation sites is 2. The number of piperidine rings is 1. The van der Waals surface area contributed by atoms with E-state index in [-0.39, 0.29) is 0 Å². The molecule has 3 rings (SSSR count). The van der Waals surface area contributed by atoms with Crippen molar-refractivity contribution in [2.24, 2.45) is 0 Å². The molecule has 0 radical (unpaired) electrons. The number of pyridine rings is 1. The van der Waals surface area contributed by atoms with Gasteiger partial charge < -0.3 is 10.2 Å². The number of nitrogens with one attached hydrogen (secondary N) is 1. The van der Waals surface area contributed by atoms with Gasteiger partial charge in [0, 0.05) is 23.8 Å². The quantitative estimate of drug-likeness (QED) is 0.887. The highest BCUT2D eigenvalue weighted by atomic mass is 79.9. The molecule has 0 spiro atoms. The van der Waals surface area contributed by atoms with E-state index in [0.29, 0.717) is 0 Å². The molecular formula is C17H20BrN3. The zero-order valence-electron chi connectivity index (χ0n) is 12.1. The maximum Gasteiger partial charge on any atom is 0.0602 e. The first kappa shape index (κ1) is 14.4. The minimum Gasteiger partial charge on any atom is -0.378 e. The van der Waals surface area contributed by atoms with Crippen LogP contribution in [0.1, 0.15) is 25.0 Å². The third kappa shape index (κ3) is 3.76. The molecule has 1 aromatic carbocycles. The van der Waals surface area contributed by atoms with Gasteiger partial charge in [0.05, 0.1) is 23.6 Å². The van der Waals surface area contributed by atoms with E-state index in [2.05, 4.69) is 55.4 Å². The van der Waals surface area contributed by atoms with Gasteiger partial charge in [0.1, 0.15) is 0 Å². The van der Waals surface area contributed by atoms with Crippen LogP contribution in [0.3, 0.4) is 0 Å². The summed E-state index contributed by atoms with van der Waals surface area (Å²) in [5.74, 6) is 0. The molecule has 1 N–H and O–H groups in total. The molecule has 3 nitrogen and oxygen atoms in total. The summed E-state index contributed by atoms with van der Waals surface area (Å²) in [5, 5.41) is 3.53. The summed E-state index contributed by atoms with van der Waals surface area (Å²) >= 11 is 3.42. The summed E-state index contributed by atoms with van der Waals surface area (Å²) in [7, 11) is 0. The number of hydrogen-bond donors (Lipinski definition) is 1. The van der Waals surface area contributed by atoms with Crippen molar-refractivity contribution in [3.05, 3.63) is 52.8 Å². The molecule has 21 heavy (non-hydrogen) atoms. The lowest BCUT2D eigenvalue weighted by molar-refractivity contribution is 0.578. The smallest absolute Gasteiger partial charge is 0.0602 e. The first-order valence-corrected chi connectivity index (χ1v) is 8.30. The Bertz CT molecular complexity index is 577. The average Bonchev–Trinajstić information content (AvgIpc) is 2.55. The molecule has 4 heteroatoms. The Labute approximate surface area is 134 Å². The molecule has 1 aromatic heterocycles. The molecule has 2 aromatic rings. The van der Waals surface area contributed by atoms with Gasteiger partial charge in [-0.1, -0.05) is 12.1 Å². The fraction of sp³-hybridized carbons (Fsp3) is 0.353. The molecule has 0 unspecified atom stereocenters. The molecule has 0 aliphatic carbocycles. The van der Waals surface area contributed by atoms with Crippen LogP contribution in [0, 0.1) is 0 Å². The second-order valence-electron chi connectivity index (χ2n) is 5.39. The predicted octanol–water partition coefficient (Wildman–Crippen LogP) is 4.45. The zero-order chi connectivity index (χ0) is 14.5. The number of hydrogen-bond acceptors (Lipinski definition) is 3. The first-order valence-electron chi connectivity index (χ1n) is 7.51. The van der Waals surface area contributed by atoms with Crippen molar-refractivity contribution in [2.45, 2.75) is 25.8 Å². The first-order chi connectivity index (χ1) is 10.3. The van der Waals surface area contributed by atoms with Crippen LogP contribution in [0.4, 0.5) is 11.4 Å². The van der Waals surface area contributed by atoms with Crippen LogP contribution in [0.2, 0.25) is 0 Å². The number of halogens is 1. The summed E-state index contributed by atoms with van der Waals surface area (Å²) in [6, 6.07) is 12.6. The minimum absolute atomic E-state index is 0.748. The summed E-state index contributed by atoms with van der Waals surface area (Å²) in [6.45, 7) is 3.07. The van der Waals surface area contributed by atoms with Crippen molar-refractivity contribution in [3.63, 3.8) is 0 Å². The SMILES string of the molecule is Brc1ccc(CNc2ccccc2N2CCCCC2)nc1. The number of benzene rings is 1. The third-order valence-corrected chi connectivity index (χ3v) is 4.32. The van der Waals surface area contributed by atoms with Gasteiger partial charge in [-0.2, -0.15) is 0 Å². The molecule has 2 heterocycles. The van der Waals surface area contributed by atoms with Gasteiger partial charge in [-0.3, -0.25) is 4.98 Å². The van der Waals surface area contributed by atoms with E-state index in [1.54, 1.807) is 0 Å². The summed E-state index contributed by atoms with van der Waals surface area (Å²) in [4.78, 5) is 6.90. The molecular weight excluding hydrogens is 326 g/mol. The van der Waals surface area contributed by atoms with Crippen molar-refractivity contribution < 1.29 is 0 Å². The van der Waals surface area contributed by atoms with E-state index < -0.39 is 0 Å². The van der Waals surface area contributed by atoms with Gasteiger partial charge in [0.2, 0.25) is 0 Å². The summed E-state index contributed by atoms with van der Waals surface area (Å²) in [5.41, 5.74) is 3.56. The zero-order valence-corrected chi connectivity index (χ0v) is 13.6. The lowest BCUT2D eigenvalue weighted by Gasteiger charge is -2.30. The second kappa shape index (κ2) is 6.94. The Balaban J connectivity index is 1.71. The number of anilines is 2. The van der Waals surface area contributed by atoms with Crippen LogP contribution < -0.4 is 10.2 Å². The second-order valence-corrected chi connectivity index (χ2v) is 6.30. The van der Waals surface area contributed by atoms with Gasteiger partial charge in [0.25, 0.3) is 0 Å². The molecule has 1 aliphatic rings. The highest BCUT2D eigenvalue weighted by molar-refractivity contribution is 9.10. The summed E-state index contributed by atoms with van der Waals surface area (Å²) < 4.78 is 1.01. The molecule has 1 saturated heterocycles. The van der Waals surface area contributed by atoms with E-state index in [4.69, 9.17) is 0 Å². The predicted molar refractivity (Wildman–Crippen MR) is 91.8 cm³/mol. The van der Waals surface area contributed by atoms with Gasteiger partial charge in [-0.15, -0.1) is 0 Å². The molecule has 1 aliphatic heterocycles. The lowest BCUT2D eigenvalue weighted by Crippen LogP contribution is -2.30. The van der Waals surface area contributed by atoms with Crippen molar-refractivity contribution in [2.75, 3.05) is 23.3 Å². The number of nitrogens with zero attached hydrogens (tertiary/aromatic N) is 2. The minimum atomic E-state index is 0.748. The van der Waals surface area contributed by atoms with Crippen LogP contribution in [0.15, 0.2) is 47.1 Å². The number of aromatic nitrogens is 1. The van der Waals surface area contributed by atoms with Crippen LogP contribution >= 0.6 is 15.9 Å². The van der Waals surface area contributed by atoms with E-state index in [1.165, 1.54) is 30.6 Å². The largest absolute Gasteiger partial charge is 0.378 e. The van der Waals surface area contributed by atoms with Crippen molar-refractivity contribution in [1.82, 2.24) is 4.98 Å². The van der Waals surface area contributed by atoms with Crippen LogP contribution in [0.25, 0.3) is 0 Å². The van der Waals surface area contributed by atoms with Crippen LogP contribution in [-0.4, -0.2) is 18.1 Å². The summed E-state index contributed by atoms with van der Waals surface area (Å²) in [6.07, 6.45) is 5.79.